The third-order valence-electron chi connectivity index (χ3n) is 3.99. The largest absolute Gasteiger partial charge is 0.243 e. The normalized spacial score (nSPS) is 24.8. The van der Waals surface area contributed by atoms with Gasteiger partial charge in [-0.25, -0.2) is 8.42 Å². The minimum atomic E-state index is -3.42. The van der Waals surface area contributed by atoms with Crippen molar-refractivity contribution in [1.29, 1.82) is 0 Å². The van der Waals surface area contributed by atoms with E-state index in [0.717, 1.165) is 17.5 Å². The third-order valence-corrected chi connectivity index (χ3v) is 6.26. The highest BCUT2D eigenvalue weighted by Crippen LogP contribution is 2.29. The van der Waals surface area contributed by atoms with Crippen molar-refractivity contribution < 1.29 is 8.42 Å². The van der Waals surface area contributed by atoms with Gasteiger partial charge >= 0.3 is 0 Å². The first-order chi connectivity index (χ1) is 9.36. The first-order valence-electron chi connectivity index (χ1n) is 7.01. The molecule has 0 radical (unpaired) electrons. The van der Waals surface area contributed by atoms with E-state index in [4.69, 9.17) is 11.6 Å². The Hall–Kier alpha value is -0.580. The fraction of sp³-hybridized carbons (Fsp3) is 0.600. The molecule has 3 nitrogen and oxygen atoms in total. The van der Waals surface area contributed by atoms with Crippen LogP contribution in [0.2, 0.25) is 0 Å². The maximum absolute atomic E-state index is 12.9. The summed E-state index contributed by atoms with van der Waals surface area (Å²) in [7, 11) is -3.42. The summed E-state index contributed by atoms with van der Waals surface area (Å²) in [6.07, 6.45) is 1.09. The Labute approximate surface area is 127 Å². The monoisotopic (exact) mass is 315 g/mol. The van der Waals surface area contributed by atoms with E-state index in [1.165, 1.54) is 0 Å². The Morgan fingerprint density at radius 3 is 2.40 bits per heavy atom. The molecule has 1 heterocycles. The second kappa shape index (κ2) is 6.04. The quantitative estimate of drug-likeness (QED) is 0.802. The molecule has 2 rings (SSSR count). The van der Waals surface area contributed by atoms with Crippen LogP contribution in [0.15, 0.2) is 23.1 Å². The molecule has 1 saturated heterocycles. The molecule has 2 unspecified atom stereocenters. The topological polar surface area (TPSA) is 37.4 Å². The van der Waals surface area contributed by atoms with Gasteiger partial charge in [0.1, 0.15) is 0 Å². The van der Waals surface area contributed by atoms with Gasteiger partial charge < -0.3 is 0 Å². The predicted molar refractivity (Wildman–Crippen MR) is 82.4 cm³/mol. The zero-order chi connectivity index (χ0) is 14.9. The highest BCUT2D eigenvalue weighted by atomic mass is 35.5. The summed E-state index contributed by atoms with van der Waals surface area (Å²) in [4.78, 5) is 0.400. The van der Waals surface area contributed by atoms with Gasteiger partial charge in [-0.15, -0.1) is 11.6 Å². The minimum Gasteiger partial charge on any atom is -0.207 e. The summed E-state index contributed by atoms with van der Waals surface area (Å²) in [5, 5.41) is 0. The lowest BCUT2D eigenvalue weighted by atomic mass is 9.94. The first-order valence-corrected chi connectivity index (χ1v) is 8.98. The lowest BCUT2D eigenvalue weighted by Gasteiger charge is -2.34. The van der Waals surface area contributed by atoms with Gasteiger partial charge in [0.15, 0.2) is 0 Å². The van der Waals surface area contributed by atoms with Gasteiger partial charge in [0, 0.05) is 19.0 Å². The summed E-state index contributed by atoms with van der Waals surface area (Å²) >= 11 is 5.88. The molecule has 1 fully saturated rings. The Balaban J connectivity index is 2.40. The van der Waals surface area contributed by atoms with E-state index in [1.54, 1.807) is 16.4 Å². The van der Waals surface area contributed by atoms with Crippen molar-refractivity contribution in [1.82, 2.24) is 4.31 Å². The second-order valence-corrected chi connectivity index (χ2v) is 8.12. The van der Waals surface area contributed by atoms with Crippen molar-refractivity contribution in [3.05, 3.63) is 29.3 Å². The summed E-state index contributed by atoms with van der Waals surface area (Å²) in [5.74, 6) is 1.15. The van der Waals surface area contributed by atoms with E-state index in [0.29, 0.717) is 35.7 Å². The molecule has 2 atom stereocenters. The number of sulfonamides is 1. The lowest BCUT2D eigenvalue weighted by Crippen LogP contribution is -2.42. The molecule has 20 heavy (non-hydrogen) atoms. The third kappa shape index (κ3) is 3.02. The lowest BCUT2D eigenvalue weighted by molar-refractivity contribution is 0.222. The Bertz CT molecular complexity index is 576. The van der Waals surface area contributed by atoms with Crippen molar-refractivity contribution in [2.75, 3.05) is 13.1 Å². The number of rotatable bonds is 3. The van der Waals surface area contributed by atoms with E-state index in [-0.39, 0.29) is 0 Å². The molecule has 1 aromatic rings. The second-order valence-electron chi connectivity index (χ2n) is 5.94. The number of halogens is 1. The predicted octanol–water partition coefficient (Wildman–Crippen LogP) is 3.40. The molecule has 112 valence electrons. The van der Waals surface area contributed by atoms with Crippen molar-refractivity contribution in [2.24, 2.45) is 11.8 Å². The molecule has 0 spiro atoms. The van der Waals surface area contributed by atoms with E-state index in [1.807, 2.05) is 13.0 Å². The highest BCUT2D eigenvalue weighted by molar-refractivity contribution is 7.89. The van der Waals surface area contributed by atoms with Crippen LogP contribution in [0.5, 0.6) is 0 Å². The van der Waals surface area contributed by atoms with E-state index in [2.05, 4.69) is 13.8 Å². The molecule has 1 aliphatic heterocycles. The fourth-order valence-electron chi connectivity index (χ4n) is 3.03. The smallest absolute Gasteiger partial charge is 0.207 e. The summed E-state index contributed by atoms with van der Waals surface area (Å²) in [6, 6.07) is 5.34. The summed E-state index contributed by atoms with van der Waals surface area (Å²) < 4.78 is 27.3. The van der Waals surface area contributed by atoms with Gasteiger partial charge in [0.05, 0.1) is 4.90 Å². The number of benzene rings is 1. The Morgan fingerprint density at radius 1 is 1.25 bits per heavy atom. The van der Waals surface area contributed by atoms with Gasteiger partial charge in [-0.3, -0.25) is 0 Å². The van der Waals surface area contributed by atoms with Gasteiger partial charge in [-0.1, -0.05) is 26.0 Å². The van der Waals surface area contributed by atoms with E-state index < -0.39 is 10.0 Å². The molecule has 5 heteroatoms. The number of piperidine rings is 1. The molecule has 0 aromatic heterocycles. The SMILES string of the molecule is Cc1c(CCl)cccc1S(=O)(=O)N1CC(C)CC(C)C1. The van der Waals surface area contributed by atoms with Gasteiger partial charge in [0.25, 0.3) is 0 Å². The van der Waals surface area contributed by atoms with Crippen LogP contribution in [0.1, 0.15) is 31.4 Å². The van der Waals surface area contributed by atoms with Crippen LogP contribution in [-0.4, -0.2) is 25.8 Å². The van der Waals surface area contributed by atoms with Crippen LogP contribution in [-0.2, 0) is 15.9 Å². The zero-order valence-electron chi connectivity index (χ0n) is 12.3. The maximum Gasteiger partial charge on any atom is 0.243 e. The summed E-state index contributed by atoms with van der Waals surface area (Å²) in [6.45, 7) is 7.27. The van der Waals surface area contributed by atoms with Crippen LogP contribution < -0.4 is 0 Å². The first kappa shape index (κ1) is 15.8. The average molecular weight is 316 g/mol. The number of nitrogens with zero attached hydrogens (tertiary/aromatic N) is 1. The van der Waals surface area contributed by atoms with Crippen molar-refractivity contribution >= 4 is 21.6 Å². The fourth-order valence-corrected chi connectivity index (χ4v) is 5.26. The average Bonchev–Trinajstić information content (AvgIpc) is 2.37. The van der Waals surface area contributed by atoms with Crippen LogP contribution in [0.25, 0.3) is 0 Å². The van der Waals surface area contributed by atoms with Crippen LogP contribution in [0.3, 0.4) is 0 Å². The standard InChI is InChI=1S/C15H22ClNO2S/c1-11-7-12(2)10-17(9-11)20(18,19)15-6-4-5-14(8-16)13(15)3/h4-6,11-12H,7-10H2,1-3H3. The van der Waals surface area contributed by atoms with Gasteiger partial charge in [0.2, 0.25) is 10.0 Å². The van der Waals surface area contributed by atoms with Crippen LogP contribution in [0, 0.1) is 18.8 Å². The van der Waals surface area contributed by atoms with Crippen molar-refractivity contribution in [2.45, 2.75) is 38.0 Å². The highest BCUT2D eigenvalue weighted by Gasteiger charge is 2.32. The number of hydrogen-bond acceptors (Lipinski definition) is 2. The van der Waals surface area contributed by atoms with Crippen LogP contribution in [0.4, 0.5) is 0 Å². The molecule has 0 amide bonds. The molecule has 0 saturated carbocycles. The van der Waals surface area contributed by atoms with Gasteiger partial charge in [-0.2, -0.15) is 4.31 Å². The maximum atomic E-state index is 12.9. The zero-order valence-corrected chi connectivity index (χ0v) is 13.8. The van der Waals surface area contributed by atoms with Crippen LogP contribution >= 0.6 is 11.6 Å². The van der Waals surface area contributed by atoms with E-state index >= 15 is 0 Å². The Morgan fingerprint density at radius 2 is 1.85 bits per heavy atom. The Kier molecular flexibility index (Phi) is 4.77. The molecule has 0 aliphatic carbocycles. The molecule has 0 bridgehead atoms. The van der Waals surface area contributed by atoms with Crippen molar-refractivity contribution in [3.8, 4) is 0 Å². The molecular weight excluding hydrogens is 294 g/mol. The number of alkyl halides is 1. The molecule has 0 N–H and O–H groups in total. The van der Waals surface area contributed by atoms with Gasteiger partial charge in [-0.05, 0) is 42.4 Å². The molecular formula is C15H22ClNO2S. The van der Waals surface area contributed by atoms with Crippen molar-refractivity contribution in [3.63, 3.8) is 0 Å². The van der Waals surface area contributed by atoms with E-state index in [9.17, 15) is 8.42 Å². The minimum absolute atomic E-state index is 0.335. The summed E-state index contributed by atoms with van der Waals surface area (Å²) in [5.41, 5.74) is 1.65. The molecule has 1 aliphatic rings. The number of hydrogen-bond donors (Lipinski definition) is 0. The molecule has 1 aromatic carbocycles.